The zero-order valence-electron chi connectivity index (χ0n) is 17.8. The Morgan fingerprint density at radius 2 is 2.09 bits per heavy atom. The van der Waals surface area contributed by atoms with Crippen molar-refractivity contribution >= 4 is 11.7 Å². The van der Waals surface area contributed by atoms with Gasteiger partial charge >= 0.3 is 5.97 Å². The van der Waals surface area contributed by atoms with Crippen molar-refractivity contribution in [1.82, 2.24) is 4.90 Å². The summed E-state index contributed by atoms with van der Waals surface area (Å²) in [6.45, 7) is 0.733. The van der Waals surface area contributed by atoms with Gasteiger partial charge in [0.15, 0.2) is 17.1 Å². The number of carbonyl (C=O) groups is 1. The monoisotopic (exact) mass is 450 g/mol. The van der Waals surface area contributed by atoms with E-state index in [4.69, 9.17) is 4.74 Å². The number of likely N-dealkylation sites (N-methyl/N-ethyl adjacent to an activating group) is 1. The first-order chi connectivity index (χ1) is 15.7. The zero-order chi connectivity index (χ0) is 23.3. The van der Waals surface area contributed by atoms with Crippen molar-refractivity contribution in [3.63, 3.8) is 0 Å². The van der Waals surface area contributed by atoms with Crippen LogP contribution in [0.3, 0.4) is 0 Å². The average Bonchev–Trinajstić information content (AvgIpc) is 3.15. The summed E-state index contributed by atoms with van der Waals surface area (Å²) in [6, 6.07) is 7.54. The van der Waals surface area contributed by atoms with E-state index in [1.807, 2.05) is 12.1 Å². The van der Waals surface area contributed by atoms with Gasteiger partial charge in [0.05, 0.1) is 10.5 Å². The molecule has 170 valence electrons. The maximum Gasteiger partial charge on any atom is 0.342 e. The Bertz CT molecular complexity index is 1270. The van der Waals surface area contributed by atoms with Gasteiger partial charge in [-0.1, -0.05) is 18.2 Å². The average molecular weight is 450 g/mol. The van der Waals surface area contributed by atoms with E-state index in [1.54, 1.807) is 6.07 Å². The molecule has 1 saturated heterocycles. The number of likely N-dealkylation sites (tertiary alicyclic amines) is 1. The third kappa shape index (κ3) is 2.30. The summed E-state index contributed by atoms with van der Waals surface area (Å²) in [5.74, 6) is -1.20. The molecule has 5 atom stereocenters. The summed E-state index contributed by atoms with van der Waals surface area (Å²) in [5.41, 5.74) is -2.05. The zero-order valence-corrected chi connectivity index (χ0v) is 17.8. The van der Waals surface area contributed by atoms with Crippen LogP contribution in [-0.4, -0.2) is 56.9 Å². The SMILES string of the molecule is CN1CC[C@]23c4c5ccc(O)c4O[C@H]2[C@](O)(c2cccc(C(=O)O)c2[N+](=O)[O-])C=C[C@H]3[C@H]1C5. The first kappa shape index (κ1) is 20.2. The van der Waals surface area contributed by atoms with Crippen molar-refractivity contribution in [2.45, 2.75) is 36.0 Å². The van der Waals surface area contributed by atoms with Crippen LogP contribution in [0.2, 0.25) is 0 Å². The minimum atomic E-state index is -1.97. The molecule has 0 radical (unpaired) electrons. The lowest BCUT2D eigenvalue weighted by atomic mass is 9.50. The fourth-order valence-corrected chi connectivity index (χ4v) is 6.77. The van der Waals surface area contributed by atoms with Crippen molar-refractivity contribution in [3.8, 4) is 11.5 Å². The number of hydrogen-bond donors (Lipinski definition) is 3. The van der Waals surface area contributed by atoms with Crippen molar-refractivity contribution in [2.75, 3.05) is 13.6 Å². The van der Waals surface area contributed by atoms with Crippen LogP contribution in [0.1, 0.15) is 33.5 Å². The number of aromatic hydroxyl groups is 1. The van der Waals surface area contributed by atoms with Crippen LogP contribution in [0.5, 0.6) is 11.5 Å². The van der Waals surface area contributed by atoms with Gasteiger partial charge in [0.2, 0.25) is 0 Å². The maximum absolute atomic E-state index is 12.1. The Labute approximate surface area is 188 Å². The highest BCUT2D eigenvalue weighted by molar-refractivity contribution is 5.93. The number of nitro benzene ring substituents is 1. The number of aliphatic hydroxyl groups is 1. The number of ether oxygens (including phenoxy) is 1. The van der Waals surface area contributed by atoms with Crippen LogP contribution in [0.15, 0.2) is 42.5 Å². The molecule has 0 unspecified atom stereocenters. The van der Waals surface area contributed by atoms with Crippen LogP contribution in [0.4, 0.5) is 5.69 Å². The Balaban J connectivity index is 1.65. The van der Waals surface area contributed by atoms with Crippen LogP contribution in [0, 0.1) is 16.0 Å². The molecule has 0 aromatic heterocycles. The van der Waals surface area contributed by atoms with Crippen molar-refractivity contribution in [2.24, 2.45) is 5.92 Å². The molecule has 4 aliphatic rings. The molecule has 2 aliphatic heterocycles. The van der Waals surface area contributed by atoms with E-state index >= 15 is 0 Å². The van der Waals surface area contributed by atoms with Crippen LogP contribution in [0.25, 0.3) is 0 Å². The summed E-state index contributed by atoms with van der Waals surface area (Å²) in [4.78, 5) is 25.3. The number of hydrogen-bond acceptors (Lipinski definition) is 7. The number of carboxylic acids is 1. The highest BCUT2D eigenvalue weighted by atomic mass is 16.6. The van der Waals surface area contributed by atoms with Crippen molar-refractivity contribution in [1.29, 1.82) is 0 Å². The van der Waals surface area contributed by atoms with Gasteiger partial charge in [-0.15, -0.1) is 0 Å². The molecule has 6 rings (SSSR count). The van der Waals surface area contributed by atoms with E-state index in [-0.39, 0.29) is 23.3 Å². The van der Waals surface area contributed by atoms with Gasteiger partial charge in [0.25, 0.3) is 5.69 Å². The topological polar surface area (TPSA) is 133 Å². The minimum absolute atomic E-state index is 0.0289. The highest BCUT2D eigenvalue weighted by Crippen LogP contribution is 2.65. The largest absolute Gasteiger partial charge is 0.504 e. The first-order valence-electron chi connectivity index (χ1n) is 10.8. The van der Waals surface area contributed by atoms with E-state index in [1.165, 1.54) is 18.2 Å². The number of carboxylic acid groups (broad SMARTS) is 1. The number of nitro groups is 1. The first-order valence-corrected chi connectivity index (χ1v) is 10.8. The molecule has 33 heavy (non-hydrogen) atoms. The third-order valence-electron chi connectivity index (χ3n) is 8.11. The lowest BCUT2D eigenvalue weighted by molar-refractivity contribution is -0.387. The van der Waals surface area contributed by atoms with Gasteiger partial charge in [-0.2, -0.15) is 0 Å². The van der Waals surface area contributed by atoms with E-state index < -0.39 is 39.3 Å². The fourth-order valence-electron chi connectivity index (χ4n) is 6.77. The molecule has 2 heterocycles. The number of piperidine rings is 1. The molecule has 2 aliphatic carbocycles. The van der Waals surface area contributed by atoms with E-state index in [2.05, 4.69) is 11.9 Å². The van der Waals surface area contributed by atoms with E-state index in [0.29, 0.717) is 12.2 Å². The smallest absolute Gasteiger partial charge is 0.342 e. The van der Waals surface area contributed by atoms with E-state index in [9.17, 15) is 30.2 Å². The summed E-state index contributed by atoms with van der Waals surface area (Å²) >= 11 is 0. The second kappa shape index (κ2) is 6.33. The van der Waals surface area contributed by atoms with Crippen molar-refractivity contribution < 1.29 is 29.8 Å². The number of para-hydroxylation sites is 1. The number of aromatic carboxylic acids is 1. The number of nitrogens with zero attached hydrogens (tertiary/aromatic N) is 2. The van der Waals surface area contributed by atoms with E-state index in [0.717, 1.165) is 30.2 Å². The minimum Gasteiger partial charge on any atom is -0.504 e. The molecule has 2 bridgehead atoms. The Morgan fingerprint density at radius 3 is 2.82 bits per heavy atom. The second-order valence-corrected chi connectivity index (χ2v) is 9.46. The number of phenolic OH excluding ortho intramolecular Hbond substituents is 1. The summed E-state index contributed by atoms with van der Waals surface area (Å²) in [5, 5.41) is 44.3. The maximum atomic E-state index is 12.1. The normalized spacial score (nSPS) is 33.3. The molecular weight excluding hydrogens is 428 g/mol. The lowest BCUT2D eigenvalue weighted by Crippen LogP contribution is -2.67. The quantitative estimate of drug-likeness (QED) is 0.369. The molecular formula is C24H22N2O7. The Kier molecular flexibility index (Phi) is 3.87. The van der Waals surface area contributed by atoms with Gasteiger partial charge < -0.3 is 25.0 Å². The number of phenols is 1. The summed E-state index contributed by atoms with van der Waals surface area (Å²) in [6.07, 6.45) is 3.85. The molecule has 1 spiro atoms. The highest BCUT2D eigenvalue weighted by Gasteiger charge is 2.68. The second-order valence-electron chi connectivity index (χ2n) is 9.46. The van der Waals surface area contributed by atoms with Gasteiger partial charge in [0, 0.05) is 22.9 Å². The molecule has 2 aromatic rings. The standard InChI is InChI=1S/C24H22N2O7/c1-25-10-9-23-14-7-8-24(30,15-4-2-3-13(21(28)29)19(15)26(31)32)22(23)33-20-17(27)6-5-12(18(20)23)11-16(14)25/h2-8,14,16,22,27,30H,9-11H2,1H3,(H,28,29)/t14-,16+,22+,23-,24+/m0/s1. The Hall–Kier alpha value is -3.43. The molecule has 3 N–H and O–H groups in total. The van der Waals surface area contributed by atoms with Crippen LogP contribution < -0.4 is 4.74 Å². The Morgan fingerprint density at radius 1 is 1.30 bits per heavy atom. The molecule has 0 amide bonds. The molecule has 9 heteroatoms. The lowest BCUT2D eigenvalue weighted by Gasteiger charge is -2.58. The van der Waals surface area contributed by atoms with Crippen LogP contribution >= 0.6 is 0 Å². The molecule has 1 fully saturated rings. The predicted molar refractivity (Wildman–Crippen MR) is 116 cm³/mol. The van der Waals surface area contributed by atoms with Crippen molar-refractivity contribution in [3.05, 3.63) is 74.9 Å². The van der Waals surface area contributed by atoms with Gasteiger partial charge in [0.1, 0.15) is 11.7 Å². The fraction of sp³-hybridized carbons (Fsp3) is 0.375. The summed E-state index contributed by atoms with van der Waals surface area (Å²) in [7, 11) is 2.06. The van der Waals surface area contributed by atoms with Gasteiger partial charge in [-0.3, -0.25) is 10.1 Å². The van der Waals surface area contributed by atoms with Gasteiger partial charge in [-0.25, -0.2) is 4.79 Å². The number of benzene rings is 2. The summed E-state index contributed by atoms with van der Waals surface area (Å²) < 4.78 is 6.31. The molecule has 0 saturated carbocycles. The van der Waals surface area contributed by atoms with Gasteiger partial charge in [-0.05, 0) is 56.3 Å². The van der Waals surface area contributed by atoms with Crippen LogP contribution in [-0.2, 0) is 17.4 Å². The molecule has 9 nitrogen and oxygen atoms in total. The molecule has 2 aromatic carbocycles. The predicted octanol–water partition coefficient (Wildman–Crippen LogP) is 2.33. The number of rotatable bonds is 3. The third-order valence-corrected chi connectivity index (χ3v) is 8.11.